The second kappa shape index (κ2) is 9.48. The van der Waals surface area contributed by atoms with Gasteiger partial charge in [-0.2, -0.15) is 0 Å². The van der Waals surface area contributed by atoms with E-state index in [1.807, 2.05) is 6.92 Å². The molecule has 2 N–H and O–H groups in total. The van der Waals surface area contributed by atoms with E-state index < -0.39 is 10.0 Å². The second-order valence-electron chi connectivity index (χ2n) is 8.01. The Morgan fingerprint density at radius 2 is 1.82 bits per heavy atom. The van der Waals surface area contributed by atoms with Crippen molar-refractivity contribution in [1.82, 2.24) is 0 Å². The van der Waals surface area contributed by atoms with Crippen LogP contribution in [0.5, 0.6) is 0 Å². The highest BCUT2D eigenvalue weighted by molar-refractivity contribution is 7.92. The molecular weight excluding hydrogens is 474 g/mol. The number of carbonyl (C=O) groups is 2. The summed E-state index contributed by atoms with van der Waals surface area (Å²) in [7, 11) is -3.94. The van der Waals surface area contributed by atoms with Gasteiger partial charge in [-0.05, 0) is 66.9 Å². The van der Waals surface area contributed by atoms with Crippen molar-refractivity contribution in [1.29, 1.82) is 0 Å². The first-order valence-corrected chi connectivity index (χ1v) is 12.7. The highest BCUT2D eigenvalue weighted by Gasteiger charge is 2.25. The molecule has 1 aliphatic heterocycles. The minimum atomic E-state index is -3.94. The molecule has 1 aliphatic rings. The average molecular weight is 498 g/mol. The summed E-state index contributed by atoms with van der Waals surface area (Å²) in [5.41, 5.74) is 3.34. The van der Waals surface area contributed by atoms with Crippen molar-refractivity contribution in [3.63, 3.8) is 0 Å². The van der Waals surface area contributed by atoms with Crippen molar-refractivity contribution >= 4 is 50.5 Å². The van der Waals surface area contributed by atoms with Crippen LogP contribution in [0.4, 0.5) is 17.1 Å². The zero-order valence-corrected chi connectivity index (χ0v) is 20.3. The Morgan fingerprint density at radius 3 is 2.56 bits per heavy atom. The van der Waals surface area contributed by atoms with Crippen LogP contribution in [0.3, 0.4) is 0 Å². The fraction of sp³-hybridized carbons (Fsp3) is 0.200. The molecule has 0 bridgehead atoms. The van der Waals surface area contributed by atoms with E-state index in [-0.39, 0.29) is 27.4 Å². The van der Waals surface area contributed by atoms with Crippen LogP contribution >= 0.6 is 11.6 Å². The van der Waals surface area contributed by atoms with E-state index in [9.17, 15) is 18.0 Å². The second-order valence-corrected chi connectivity index (χ2v) is 10.1. The largest absolute Gasteiger partial charge is 0.322 e. The van der Waals surface area contributed by atoms with Crippen LogP contribution in [0.25, 0.3) is 0 Å². The number of benzene rings is 3. The van der Waals surface area contributed by atoms with E-state index >= 15 is 0 Å². The third-order valence-electron chi connectivity index (χ3n) is 5.69. The lowest BCUT2D eigenvalue weighted by molar-refractivity contribution is -0.118. The molecule has 3 aromatic carbocycles. The molecule has 1 heterocycles. The summed E-state index contributed by atoms with van der Waals surface area (Å²) in [4.78, 5) is 26.8. The number of aryl methyl sites for hydroxylation is 1. The summed E-state index contributed by atoms with van der Waals surface area (Å²) < 4.78 is 28.5. The number of nitrogens with zero attached hydrogens (tertiary/aromatic N) is 1. The standard InChI is InChI=1S/C25H24ClN3O4S/c1-3-24(30)29-13-12-17-14-18(9-11-22(17)29)25(31)27-19-10-8-16(2)23(15-19)34(32,33)28-21-7-5-4-6-20(21)26/h4-11,14-15,28H,3,12-13H2,1-2H3,(H,27,31). The Hall–Kier alpha value is -3.36. The van der Waals surface area contributed by atoms with Gasteiger partial charge in [-0.1, -0.05) is 36.7 Å². The van der Waals surface area contributed by atoms with Gasteiger partial charge < -0.3 is 10.2 Å². The van der Waals surface area contributed by atoms with Crippen LogP contribution in [-0.4, -0.2) is 26.8 Å². The van der Waals surface area contributed by atoms with Crippen molar-refractivity contribution < 1.29 is 18.0 Å². The lowest BCUT2D eigenvalue weighted by atomic mass is 10.1. The SMILES string of the molecule is CCC(=O)N1CCc2cc(C(=O)Nc3ccc(C)c(S(=O)(=O)Nc4ccccc4Cl)c3)ccc21. The van der Waals surface area contributed by atoms with Gasteiger partial charge in [0.2, 0.25) is 5.91 Å². The van der Waals surface area contributed by atoms with Crippen LogP contribution in [0.2, 0.25) is 5.02 Å². The van der Waals surface area contributed by atoms with Gasteiger partial charge >= 0.3 is 0 Å². The van der Waals surface area contributed by atoms with Gasteiger partial charge in [0.05, 0.1) is 15.6 Å². The Labute approximate surface area is 203 Å². The third kappa shape index (κ3) is 4.78. The molecule has 0 aliphatic carbocycles. The Kier molecular flexibility index (Phi) is 6.63. The van der Waals surface area contributed by atoms with Gasteiger partial charge in [0.25, 0.3) is 15.9 Å². The first-order chi connectivity index (χ1) is 16.2. The number of carbonyl (C=O) groups excluding carboxylic acids is 2. The molecular formula is C25H24ClN3O4S. The Bertz CT molecular complexity index is 1390. The molecule has 34 heavy (non-hydrogen) atoms. The number of halogens is 1. The topological polar surface area (TPSA) is 95.6 Å². The Balaban J connectivity index is 1.55. The normalized spacial score (nSPS) is 12.9. The minimum absolute atomic E-state index is 0.0351. The highest BCUT2D eigenvalue weighted by Crippen LogP contribution is 2.30. The first kappa shape index (κ1) is 23.8. The molecule has 0 atom stereocenters. The number of para-hydroxylation sites is 1. The average Bonchev–Trinajstić information content (AvgIpc) is 3.24. The molecule has 0 radical (unpaired) electrons. The van der Waals surface area contributed by atoms with Crippen molar-refractivity contribution in [2.24, 2.45) is 0 Å². The monoisotopic (exact) mass is 497 g/mol. The molecule has 0 aromatic heterocycles. The van der Waals surface area contributed by atoms with Crippen LogP contribution in [0, 0.1) is 6.92 Å². The summed E-state index contributed by atoms with van der Waals surface area (Å²) in [5, 5.41) is 3.05. The molecule has 2 amide bonds. The summed E-state index contributed by atoms with van der Waals surface area (Å²) in [6.45, 7) is 4.10. The number of fused-ring (bicyclic) bond motifs is 1. The molecule has 4 rings (SSSR count). The molecule has 176 valence electrons. The zero-order chi connectivity index (χ0) is 24.5. The molecule has 0 fully saturated rings. The third-order valence-corrected chi connectivity index (χ3v) is 7.53. The maximum absolute atomic E-state index is 13.0. The molecule has 7 nitrogen and oxygen atoms in total. The van der Waals surface area contributed by atoms with Gasteiger partial charge in [-0.25, -0.2) is 8.42 Å². The minimum Gasteiger partial charge on any atom is -0.322 e. The van der Waals surface area contributed by atoms with Gasteiger partial charge in [-0.3, -0.25) is 14.3 Å². The Morgan fingerprint density at radius 1 is 1.06 bits per heavy atom. The molecule has 9 heteroatoms. The number of hydrogen-bond acceptors (Lipinski definition) is 4. The summed E-state index contributed by atoms with van der Waals surface area (Å²) >= 11 is 6.09. The van der Waals surface area contributed by atoms with Gasteiger partial charge in [0.1, 0.15) is 0 Å². The molecule has 0 saturated heterocycles. The fourth-order valence-corrected chi connectivity index (χ4v) is 5.50. The highest BCUT2D eigenvalue weighted by atomic mass is 35.5. The van der Waals surface area contributed by atoms with Crippen LogP contribution in [0.1, 0.15) is 34.8 Å². The van der Waals surface area contributed by atoms with E-state index in [0.717, 1.165) is 11.3 Å². The number of rotatable bonds is 6. The number of nitrogens with one attached hydrogen (secondary N) is 2. The van der Waals surface area contributed by atoms with Crippen LogP contribution in [-0.2, 0) is 21.2 Å². The number of hydrogen-bond donors (Lipinski definition) is 2. The molecule has 0 saturated carbocycles. The van der Waals surface area contributed by atoms with Crippen molar-refractivity contribution in [3.05, 3.63) is 82.4 Å². The maximum atomic E-state index is 13.0. The summed E-state index contributed by atoms with van der Waals surface area (Å²) in [5.74, 6) is -0.316. The van der Waals surface area contributed by atoms with Crippen molar-refractivity contribution in [3.8, 4) is 0 Å². The smallest absolute Gasteiger partial charge is 0.262 e. The van der Waals surface area contributed by atoms with E-state index in [4.69, 9.17) is 11.6 Å². The van der Waals surface area contributed by atoms with E-state index in [1.54, 1.807) is 66.4 Å². The predicted molar refractivity (Wildman–Crippen MR) is 134 cm³/mol. The van der Waals surface area contributed by atoms with Crippen LogP contribution in [0.15, 0.2) is 65.6 Å². The number of anilines is 3. The summed E-state index contributed by atoms with van der Waals surface area (Å²) in [6, 6.07) is 16.5. The van der Waals surface area contributed by atoms with E-state index in [0.29, 0.717) is 36.2 Å². The van der Waals surface area contributed by atoms with Crippen LogP contribution < -0.4 is 14.9 Å². The lowest BCUT2D eigenvalue weighted by Gasteiger charge is -2.16. The van der Waals surface area contributed by atoms with Gasteiger partial charge in [0.15, 0.2) is 0 Å². The van der Waals surface area contributed by atoms with E-state index in [1.165, 1.54) is 6.07 Å². The molecule has 3 aromatic rings. The lowest BCUT2D eigenvalue weighted by Crippen LogP contribution is -2.27. The maximum Gasteiger partial charge on any atom is 0.262 e. The van der Waals surface area contributed by atoms with Crippen molar-refractivity contribution in [2.45, 2.75) is 31.6 Å². The predicted octanol–water partition coefficient (Wildman–Crippen LogP) is 5.00. The fourth-order valence-electron chi connectivity index (χ4n) is 3.91. The number of amides is 2. The van der Waals surface area contributed by atoms with Crippen molar-refractivity contribution in [2.75, 3.05) is 21.5 Å². The first-order valence-electron chi connectivity index (χ1n) is 10.8. The number of sulfonamides is 1. The van der Waals surface area contributed by atoms with Gasteiger partial charge in [-0.15, -0.1) is 0 Å². The van der Waals surface area contributed by atoms with Gasteiger partial charge in [0, 0.05) is 29.9 Å². The van der Waals surface area contributed by atoms with E-state index in [2.05, 4.69) is 10.0 Å². The molecule has 0 spiro atoms. The summed E-state index contributed by atoms with van der Waals surface area (Å²) in [6.07, 6.45) is 1.11. The zero-order valence-electron chi connectivity index (χ0n) is 18.8. The molecule has 0 unspecified atom stereocenters. The quantitative estimate of drug-likeness (QED) is 0.501.